The van der Waals surface area contributed by atoms with Crippen molar-refractivity contribution < 1.29 is 29.0 Å². The van der Waals surface area contributed by atoms with E-state index < -0.39 is 11.9 Å². The summed E-state index contributed by atoms with van der Waals surface area (Å²) in [6.45, 7) is 11.6. The average molecular weight is 544 g/mol. The van der Waals surface area contributed by atoms with Gasteiger partial charge in [-0.15, -0.1) is 0 Å². The van der Waals surface area contributed by atoms with E-state index in [-0.39, 0.29) is 42.5 Å². The van der Waals surface area contributed by atoms with Crippen molar-refractivity contribution in [1.29, 1.82) is 0 Å². The molecule has 0 spiro atoms. The van der Waals surface area contributed by atoms with Gasteiger partial charge in [-0.25, -0.2) is 0 Å². The van der Waals surface area contributed by atoms with E-state index in [2.05, 4.69) is 18.7 Å². The number of likely N-dealkylation sites (tertiary alicyclic amines) is 2. The number of aliphatic carboxylic acids is 1. The molecule has 0 radical (unpaired) electrons. The molecule has 216 valence electrons. The van der Waals surface area contributed by atoms with E-state index in [1.807, 2.05) is 41.8 Å². The van der Waals surface area contributed by atoms with Gasteiger partial charge in [0.25, 0.3) is 0 Å². The molecular weight excluding hydrogens is 498 g/mol. The molecule has 3 aliphatic heterocycles. The maximum Gasteiger partial charge on any atom is 0.308 e. The molecule has 1 N–H and O–H groups in total. The van der Waals surface area contributed by atoms with Gasteiger partial charge in [-0.1, -0.05) is 46.6 Å². The first-order valence-corrected chi connectivity index (χ1v) is 14.6. The molecule has 2 amide bonds. The summed E-state index contributed by atoms with van der Waals surface area (Å²) in [5, 5.41) is 10.5. The van der Waals surface area contributed by atoms with Gasteiger partial charge in [-0.05, 0) is 43.4 Å². The summed E-state index contributed by atoms with van der Waals surface area (Å²) >= 11 is 0. The highest BCUT2D eigenvalue weighted by Crippen LogP contribution is 2.43. The van der Waals surface area contributed by atoms with E-state index in [1.165, 1.54) is 0 Å². The predicted octanol–water partition coefficient (Wildman–Crippen LogP) is 3.96. The van der Waals surface area contributed by atoms with Crippen LogP contribution in [0.5, 0.6) is 11.5 Å². The first kappa shape index (κ1) is 29.2. The van der Waals surface area contributed by atoms with Gasteiger partial charge in [0.15, 0.2) is 11.5 Å². The van der Waals surface area contributed by atoms with Gasteiger partial charge in [0.2, 0.25) is 18.6 Å². The molecule has 0 bridgehead atoms. The number of hydrogen-bond acceptors (Lipinski definition) is 6. The number of carbonyl (C=O) groups excluding carboxylic acids is 2. The first-order chi connectivity index (χ1) is 18.7. The highest BCUT2D eigenvalue weighted by atomic mass is 16.7. The Morgan fingerprint density at radius 1 is 1.10 bits per heavy atom. The fourth-order valence-corrected chi connectivity index (χ4v) is 6.22. The van der Waals surface area contributed by atoms with Gasteiger partial charge in [0, 0.05) is 50.1 Å². The molecule has 9 heteroatoms. The number of benzene rings is 1. The number of carbonyl (C=O) groups is 3. The SMILES string of the molecule is CCCCN(CCCC)C(=O)CN1C[C@H](c2ccc3c(c2)OCO3)[C@@H](C(=O)O)[C@@H]1CCN1CCC(C)(C)C1=O. The van der Waals surface area contributed by atoms with Crippen LogP contribution in [0, 0.1) is 11.3 Å². The van der Waals surface area contributed by atoms with E-state index >= 15 is 0 Å². The third-order valence-corrected chi connectivity index (χ3v) is 8.68. The summed E-state index contributed by atoms with van der Waals surface area (Å²) in [6.07, 6.45) is 5.22. The molecule has 3 atom stereocenters. The largest absolute Gasteiger partial charge is 0.481 e. The lowest BCUT2D eigenvalue weighted by Gasteiger charge is -2.31. The summed E-state index contributed by atoms with van der Waals surface area (Å²) in [4.78, 5) is 45.1. The molecule has 1 aromatic rings. The number of rotatable bonds is 13. The molecule has 39 heavy (non-hydrogen) atoms. The van der Waals surface area contributed by atoms with Crippen molar-refractivity contribution in [2.45, 2.75) is 78.2 Å². The molecule has 4 rings (SSSR count). The van der Waals surface area contributed by atoms with E-state index in [0.717, 1.165) is 50.8 Å². The second kappa shape index (κ2) is 12.6. The molecule has 0 aromatic heterocycles. The molecule has 3 heterocycles. The maximum atomic E-state index is 13.6. The van der Waals surface area contributed by atoms with E-state index in [4.69, 9.17) is 9.47 Å². The minimum atomic E-state index is -0.875. The van der Waals surface area contributed by atoms with Crippen LogP contribution in [0.2, 0.25) is 0 Å². The topological polar surface area (TPSA) is 99.6 Å². The van der Waals surface area contributed by atoms with E-state index in [0.29, 0.717) is 37.6 Å². The smallest absolute Gasteiger partial charge is 0.308 e. The molecule has 2 saturated heterocycles. The van der Waals surface area contributed by atoms with Crippen molar-refractivity contribution in [3.63, 3.8) is 0 Å². The molecule has 0 aliphatic carbocycles. The number of carboxylic acid groups (broad SMARTS) is 1. The number of unbranched alkanes of at least 4 members (excludes halogenated alkanes) is 2. The highest BCUT2D eigenvalue weighted by molar-refractivity contribution is 5.84. The third kappa shape index (κ3) is 6.51. The van der Waals surface area contributed by atoms with Crippen LogP contribution in [0.4, 0.5) is 0 Å². The number of ether oxygens (including phenoxy) is 2. The number of amides is 2. The van der Waals surface area contributed by atoms with Crippen LogP contribution in [-0.2, 0) is 14.4 Å². The van der Waals surface area contributed by atoms with Crippen molar-refractivity contribution in [3.8, 4) is 11.5 Å². The highest BCUT2D eigenvalue weighted by Gasteiger charge is 2.48. The Morgan fingerprint density at radius 2 is 1.79 bits per heavy atom. The summed E-state index contributed by atoms with van der Waals surface area (Å²) < 4.78 is 11.0. The van der Waals surface area contributed by atoms with Crippen molar-refractivity contribution in [3.05, 3.63) is 23.8 Å². The minimum absolute atomic E-state index is 0.0516. The normalized spacial score (nSPS) is 23.9. The predicted molar refractivity (Wildman–Crippen MR) is 148 cm³/mol. The molecule has 3 aliphatic rings. The first-order valence-electron chi connectivity index (χ1n) is 14.6. The van der Waals surface area contributed by atoms with Crippen LogP contribution in [0.1, 0.15) is 77.7 Å². The lowest BCUT2D eigenvalue weighted by Crippen LogP contribution is -2.46. The van der Waals surface area contributed by atoms with Crippen molar-refractivity contribution >= 4 is 17.8 Å². The molecule has 0 saturated carbocycles. The summed E-state index contributed by atoms with van der Waals surface area (Å²) in [7, 11) is 0. The summed E-state index contributed by atoms with van der Waals surface area (Å²) in [5.41, 5.74) is 0.491. The number of nitrogens with zero attached hydrogens (tertiary/aromatic N) is 3. The summed E-state index contributed by atoms with van der Waals surface area (Å²) in [6, 6.07) is 5.27. The number of hydrogen-bond donors (Lipinski definition) is 1. The van der Waals surface area contributed by atoms with Crippen LogP contribution in [-0.4, -0.2) is 89.7 Å². The van der Waals surface area contributed by atoms with Crippen LogP contribution < -0.4 is 9.47 Å². The van der Waals surface area contributed by atoms with E-state index in [9.17, 15) is 19.5 Å². The zero-order chi connectivity index (χ0) is 28.2. The second-order valence-electron chi connectivity index (χ2n) is 11.9. The van der Waals surface area contributed by atoms with Crippen LogP contribution in [0.25, 0.3) is 0 Å². The Hall–Kier alpha value is -2.81. The number of fused-ring (bicyclic) bond motifs is 1. The fourth-order valence-electron chi connectivity index (χ4n) is 6.22. The van der Waals surface area contributed by atoms with Crippen molar-refractivity contribution in [1.82, 2.24) is 14.7 Å². The third-order valence-electron chi connectivity index (χ3n) is 8.68. The van der Waals surface area contributed by atoms with Crippen LogP contribution in [0.3, 0.4) is 0 Å². The van der Waals surface area contributed by atoms with Gasteiger partial charge in [0.1, 0.15) is 0 Å². The van der Waals surface area contributed by atoms with Crippen molar-refractivity contribution in [2.24, 2.45) is 11.3 Å². The Kier molecular flexibility index (Phi) is 9.41. The molecule has 2 fully saturated rings. The van der Waals surface area contributed by atoms with Crippen molar-refractivity contribution in [2.75, 3.05) is 46.1 Å². The Bertz CT molecular complexity index is 1040. The average Bonchev–Trinajstić information content (AvgIpc) is 3.58. The Morgan fingerprint density at radius 3 is 2.41 bits per heavy atom. The van der Waals surface area contributed by atoms with Crippen LogP contribution >= 0.6 is 0 Å². The summed E-state index contributed by atoms with van der Waals surface area (Å²) in [5.74, 6) is -0.436. The van der Waals surface area contributed by atoms with Gasteiger partial charge >= 0.3 is 5.97 Å². The standard InChI is InChI=1S/C30H45N3O6/c1-5-7-13-31(14-8-6-2)26(34)19-33-18-22(21-9-10-24-25(17-21)39-20-38-24)27(28(35)36)23(33)11-15-32-16-12-30(3,4)29(32)37/h9-10,17,22-23,27H,5-8,11-16,18-20H2,1-4H3,(H,35,36)/t22-,23+,27-/m1/s1. The molecular formula is C30H45N3O6. The monoisotopic (exact) mass is 543 g/mol. The maximum absolute atomic E-state index is 13.6. The fraction of sp³-hybridized carbons (Fsp3) is 0.700. The Labute approximate surface area is 232 Å². The Balaban J connectivity index is 1.58. The van der Waals surface area contributed by atoms with Gasteiger partial charge in [-0.2, -0.15) is 0 Å². The second-order valence-corrected chi connectivity index (χ2v) is 11.9. The lowest BCUT2D eigenvalue weighted by molar-refractivity contribution is -0.144. The lowest BCUT2D eigenvalue weighted by atomic mass is 9.84. The van der Waals surface area contributed by atoms with Gasteiger partial charge in [-0.3, -0.25) is 19.3 Å². The van der Waals surface area contributed by atoms with Gasteiger partial charge in [0.05, 0.1) is 12.5 Å². The molecule has 1 aromatic carbocycles. The van der Waals surface area contributed by atoms with Gasteiger partial charge < -0.3 is 24.4 Å². The zero-order valence-electron chi connectivity index (χ0n) is 24.0. The minimum Gasteiger partial charge on any atom is -0.481 e. The van der Waals surface area contributed by atoms with E-state index in [1.54, 1.807) is 0 Å². The van der Waals surface area contributed by atoms with Crippen LogP contribution in [0.15, 0.2) is 18.2 Å². The molecule has 0 unspecified atom stereocenters. The zero-order valence-corrected chi connectivity index (χ0v) is 24.0. The number of carboxylic acids is 1. The molecule has 9 nitrogen and oxygen atoms in total. The quantitative estimate of drug-likeness (QED) is 0.402.